The molecule has 3 rings (SSSR count). The Hall–Kier alpha value is -1.51. The molecule has 1 heterocycles. The molecule has 0 saturated carbocycles. The predicted octanol–water partition coefficient (Wildman–Crippen LogP) is 4.90. The molecule has 3 heteroatoms. The fraction of sp³-hybridized carbons (Fsp3) is 0.368. The Kier molecular flexibility index (Phi) is 5.36. The van der Waals surface area contributed by atoms with E-state index >= 15 is 0 Å². The summed E-state index contributed by atoms with van der Waals surface area (Å²) in [5, 5.41) is 0.755. The molecule has 1 fully saturated rings. The summed E-state index contributed by atoms with van der Waals surface area (Å²) in [6, 6.07) is 16.2. The number of ether oxygens (including phenoxy) is 1. The molecule has 1 saturated heterocycles. The van der Waals surface area contributed by atoms with Crippen LogP contribution in [0, 0.1) is 0 Å². The van der Waals surface area contributed by atoms with Crippen LogP contribution in [0.3, 0.4) is 0 Å². The molecule has 0 unspecified atom stereocenters. The molecule has 0 aliphatic carbocycles. The average molecular weight is 316 g/mol. The first kappa shape index (κ1) is 15.4. The maximum atomic E-state index is 5.88. The maximum absolute atomic E-state index is 5.88. The first-order valence-electron chi connectivity index (χ1n) is 7.98. The Morgan fingerprint density at radius 3 is 2.14 bits per heavy atom. The van der Waals surface area contributed by atoms with E-state index in [1.807, 2.05) is 24.3 Å². The van der Waals surface area contributed by atoms with Crippen molar-refractivity contribution in [3.8, 4) is 5.75 Å². The van der Waals surface area contributed by atoms with E-state index in [1.54, 1.807) is 0 Å². The minimum Gasteiger partial charge on any atom is -0.489 e. The Labute approximate surface area is 137 Å². The fourth-order valence-corrected chi connectivity index (χ4v) is 2.94. The second kappa shape index (κ2) is 7.66. The number of halogens is 1. The summed E-state index contributed by atoms with van der Waals surface area (Å²) in [5.74, 6) is 0.914. The lowest BCUT2D eigenvalue weighted by molar-refractivity contribution is 0.221. The van der Waals surface area contributed by atoms with Gasteiger partial charge in [-0.05, 0) is 61.3 Å². The van der Waals surface area contributed by atoms with E-state index in [1.165, 1.54) is 37.9 Å². The minimum absolute atomic E-state index is 0.572. The summed E-state index contributed by atoms with van der Waals surface area (Å²) in [6.45, 7) is 4.09. The van der Waals surface area contributed by atoms with Gasteiger partial charge in [-0.3, -0.25) is 4.90 Å². The molecule has 2 nitrogen and oxygen atoms in total. The van der Waals surface area contributed by atoms with E-state index in [4.69, 9.17) is 16.3 Å². The van der Waals surface area contributed by atoms with Gasteiger partial charge in [0, 0.05) is 11.6 Å². The summed E-state index contributed by atoms with van der Waals surface area (Å²) in [6.07, 6.45) is 4.05. The predicted molar refractivity (Wildman–Crippen MR) is 91.4 cm³/mol. The molecule has 1 aliphatic heterocycles. The molecular formula is C19H22ClNO. The molecule has 0 bridgehead atoms. The van der Waals surface area contributed by atoms with Crippen LogP contribution in [0.5, 0.6) is 5.75 Å². The van der Waals surface area contributed by atoms with Gasteiger partial charge >= 0.3 is 0 Å². The van der Waals surface area contributed by atoms with Crippen LogP contribution >= 0.6 is 11.6 Å². The summed E-state index contributed by atoms with van der Waals surface area (Å²) in [4.78, 5) is 2.53. The summed E-state index contributed by atoms with van der Waals surface area (Å²) in [7, 11) is 0. The number of benzene rings is 2. The highest BCUT2D eigenvalue weighted by molar-refractivity contribution is 6.30. The zero-order valence-electron chi connectivity index (χ0n) is 12.8. The molecule has 0 spiro atoms. The van der Waals surface area contributed by atoms with E-state index in [0.29, 0.717) is 6.61 Å². The van der Waals surface area contributed by atoms with Crippen LogP contribution in [0.2, 0.25) is 5.02 Å². The van der Waals surface area contributed by atoms with Crippen molar-refractivity contribution in [2.24, 2.45) is 0 Å². The van der Waals surface area contributed by atoms with Gasteiger partial charge in [0.2, 0.25) is 0 Å². The molecule has 1 aliphatic rings. The summed E-state index contributed by atoms with van der Waals surface area (Å²) >= 11 is 5.88. The third kappa shape index (κ3) is 4.49. The summed E-state index contributed by atoms with van der Waals surface area (Å²) < 4.78 is 5.82. The van der Waals surface area contributed by atoms with E-state index < -0.39 is 0 Å². The van der Waals surface area contributed by atoms with Crippen LogP contribution in [0.15, 0.2) is 48.5 Å². The van der Waals surface area contributed by atoms with Crippen LogP contribution in [-0.4, -0.2) is 18.0 Å². The molecular weight excluding hydrogens is 294 g/mol. The van der Waals surface area contributed by atoms with Crippen molar-refractivity contribution in [3.63, 3.8) is 0 Å². The van der Waals surface area contributed by atoms with Crippen molar-refractivity contribution < 1.29 is 4.74 Å². The second-order valence-corrected chi connectivity index (χ2v) is 6.33. The van der Waals surface area contributed by atoms with Crippen LogP contribution in [-0.2, 0) is 13.2 Å². The van der Waals surface area contributed by atoms with Crippen molar-refractivity contribution in [2.45, 2.75) is 32.4 Å². The molecule has 2 aromatic rings. The van der Waals surface area contributed by atoms with Gasteiger partial charge in [-0.15, -0.1) is 0 Å². The standard InChI is InChI=1S/C19H22ClNO/c20-18-8-4-17(5-9-18)15-22-19-10-6-16(7-11-19)14-21-12-2-1-3-13-21/h4-11H,1-3,12-15H2. The quantitative estimate of drug-likeness (QED) is 0.777. The Bertz CT molecular complexity index is 573. The van der Waals surface area contributed by atoms with Gasteiger partial charge < -0.3 is 4.74 Å². The van der Waals surface area contributed by atoms with Gasteiger partial charge in [-0.1, -0.05) is 42.3 Å². The van der Waals surface area contributed by atoms with Gasteiger partial charge in [-0.25, -0.2) is 0 Å². The number of nitrogens with zero attached hydrogens (tertiary/aromatic N) is 1. The van der Waals surface area contributed by atoms with Crippen molar-refractivity contribution in [1.29, 1.82) is 0 Å². The average Bonchev–Trinajstić information content (AvgIpc) is 2.57. The van der Waals surface area contributed by atoms with E-state index in [-0.39, 0.29) is 0 Å². The molecule has 0 aromatic heterocycles. The molecule has 116 valence electrons. The van der Waals surface area contributed by atoms with Gasteiger partial charge in [0.15, 0.2) is 0 Å². The van der Waals surface area contributed by atoms with Crippen LogP contribution in [0.25, 0.3) is 0 Å². The molecule has 0 N–H and O–H groups in total. The third-order valence-corrected chi connectivity index (χ3v) is 4.35. The Balaban J connectivity index is 1.51. The smallest absolute Gasteiger partial charge is 0.119 e. The lowest BCUT2D eigenvalue weighted by atomic mass is 10.1. The Morgan fingerprint density at radius 1 is 0.818 bits per heavy atom. The number of rotatable bonds is 5. The highest BCUT2D eigenvalue weighted by atomic mass is 35.5. The second-order valence-electron chi connectivity index (χ2n) is 5.90. The zero-order chi connectivity index (χ0) is 15.2. The third-order valence-electron chi connectivity index (χ3n) is 4.10. The molecule has 0 radical (unpaired) electrons. The van der Waals surface area contributed by atoms with Crippen molar-refractivity contribution in [2.75, 3.05) is 13.1 Å². The monoisotopic (exact) mass is 315 g/mol. The highest BCUT2D eigenvalue weighted by Gasteiger charge is 2.10. The van der Waals surface area contributed by atoms with Crippen molar-refractivity contribution in [1.82, 2.24) is 4.90 Å². The van der Waals surface area contributed by atoms with E-state index in [0.717, 1.165) is 22.9 Å². The van der Waals surface area contributed by atoms with Crippen molar-refractivity contribution in [3.05, 3.63) is 64.7 Å². The molecule has 2 aromatic carbocycles. The summed E-state index contributed by atoms with van der Waals surface area (Å²) in [5.41, 5.74) is 2.49. The normalized spacial score (nSPS) is 15.7. The minimum atomic E-state index is 0.572. The topological polar surface area (TPSA) is 12.5 Å². The largest absolute Gasteiger partial charge is 0.489 e. The highest BCUT2D eigenvalue weighted by Crippen LogP contribution is 2.18. The van der Waals surface area contributed by atoms with Gasteiger partial charge in [0.05, 0.1) is 0 Å². The lowest BCUT2D eigenvalue weighted by Crippen LogP contribution is -2.28. The number of hydrogen-bond donors (Lipinski definition) is 0. The first-order chi connectivity index (χ1) is 10.8. The van der Waals surface area contributed by atoms with E-state index in [9.17, 15) is 0 Å². The molecule has 22 heavy (non-hydrogen) atoms. The first-order valence-corrected chi connectivity index (χ1v) is 8.36. The van der Waals surface area contributed by atoms with Gasteiger partial charge in [-0.2, -0.15) is 0 Å². The van der Waals surface area contributed by atoms with E-state index in [2.05, 4.69) is 29.2 Å². The van der Waals surface area contributed by atoms with Crippen LogP contribution < -0.4 is 4.74 Å². The van der Waals surface area contributed by atoms with Crippen molar-refractivity contribution >= 4 is 11.6 Å². The molecule has 0 amide bonds. The number of hydrogen-bond acceptors (Lipinski definition) is 2. The van der Waals surface area contributed by atoms with Crippen LogP contribution in [0.4, 0.5) is 0 Å². The number of piperidine rings is 1. The van der Waals surface area contributed by atoms with Crippen LogP contribution in [0.1, 0.15) is 30.4 Å². The Morgan fingerprint density at radius 2 is 1.45 bits per heavy atom. The fourth-order valence-electron chi connectivity index (χ4n) is 2.81. The SMILES string of the molecule is Clc1ccc(COc2ccc(CN3CCCCC3)cc2)cc1. The van der Waals surface area contributed by atoms with Gasteiger partial charge in [0.1, 0.15) is 12.4 Å². The number of likely N-dealkylation sites (tertiary alicyclic amines) is 1. The zero-order valence-corrected chi connectivity index (χ0v) is 13.6. The lowest BCUT2D eigenvalue weighted by Gasteiger charge is -2.26. The molecule has 0 atom stereocenters. The van der Waals surface area contributed by atoms with Gasteiger partial charge in [0.25, 0.3) is 0 Å². The maximum Gasteiger partial charge on any atom is 0.119 e.